The Morgan fingerprint density at radius 3 is 2.73 bits per heavy atom. The van der Waals surface area contributed by atoms with E-state index in [1.165, 1.54) is 28.9 Å². The van der Waals surface area contributed by atoms with Crippen LogP contribution in [-0.2, 0) is 6.42 Å². The average molecular weight is 366 g/mol. The number of hydrogen-bond acceptors (Lipinski definition) is 5. The van der Waals surface area contributed by atoms with Gasteiger partial charge in [-0.25, -0.2) is 4.98 Å². The summed E-state index contributed by atoms with van der Waals surface area (Å²) in [5, 5.41) is 20.6. The fraction of sp³-hybridized carbons (Fsp3) is 0.429. The van der Waals surface area contributed by atoms with Gasteiger partial charge in [-0.2, -0.15) is 5.26 Å². The first-order valence-electron chi connectivity index (χ1n) is 9.29. The Hall–Kier alpha value is -2.16. The third-order valence-corrected chi connectivity index (χ3v) is 6.70. The SMILES string of the molecule is CCc1cnc(N2[C@H](C#N)[C@H](c3ccc(C4=CCCC4)cc3)[C@H]2CO)s1. The van der Waals surface area contributed by atoms with Crippen LogP contribution in [0.4, 0.5) is 5.13 Å². The van der Waals surface area contributed by atoms with Gasteiger partial charge >= 0.3 is 0 Å². The van der Waals surface area contributed by atoms with Gasteiger partial charge in [-0.3, -0.25) is 0 Å². The first kappa shape index (κ1) is 17.3. The summed E-state index contributed by atoms with van der Waals surface area (Å²) in [6.07, 6.45) is 8.70. The Balaban J connectivity index is 1.59. The van der Waals surface area contributed by atoms with Gasteiger partial charge in [-0.15, -0.1) is 11.3 Å². The van der Waals surface area contributed by atoms with E-state index >= 15 is 0 Å². The molecule has 4 nitrogen and oxygen atoms in total. The summed E-state index contributed by atoms with van der Waals surface area (Å²) in [5.41, 5.74) is 3.84. The topological polar surface area (TPSA) is 60.2 Å². The third-order valence-electron chi connectivity index (χ3n) is 5.55. The van der Waals surface area contributed by atoms with Crippen molar-refractivity contribution in [3.63, 3.8) is 0 Å². The summed E-state index contributed by atoms with van der Waals surface area (Å²) in [6, 6.07) is 10.6. The highest BCUT2D eigenvalue weighted by atomic mass is 32.1. The van der Waals surface area contributed by atoms with Crippen molar-refractivity contribution in [2.24, 2.45) is 0 Å². The Labute approximate surface area is 158 Å². The zero-order chi connectivity index (χ0) is 18.1. The van der Waals surface area contributed by atoms with Crippen LogP contribution in [0.3, 0.4) is 0 Å². The molecule has 26 heavy (non-hydrogen) atoms. The fourth-order valence-electron chi connectivity index (χ4n) is 4.10. The minimum Gasteiger partial charge on any atom is -0.394 e. The summed E-state index contributed by atoms with van der Waals surface area (Å²) >= 11 is 1.62. The maximum absolute atomic E-state index is 9.97. The van der Waals surface area contributed by atoms with E-state index in [0.29, 0.717) is 0 Å². The van der Waals surface area contributed by atoms with E-state index < -0.39 is 0 Å². The minimum absolute atomic E-state index is 0.0191. The quantitative estimate of drug-likeness (QED) is 0.865. The molecule has 5 heteroatoms. The van der Waals surface area contributed by atoms with E-state index in [1.54, 1.807) is 11.3 Å². The van der Waals surface area contributed by atoms with Crippen molar-refractivity contribution >= 4 is 22.0 Å². The molecule has 2 aliphatic rings. The molecule has 3 atom stereocenters. The number of benzene rings is 1. The van der Waals surface area contributed by atoms with E-state index in [2.05, 4.69) is 48.3 Å². The predicted molar refractivity (Wildman–Crippen MR) is 105 cm³/mol. The summed E-state index contributed by atoms with van der Waals surface area (Å²) in [6.45, 7) is 2.12. The Morgan fingerprint density at radius 1 is 1.35 bits per heavy atom. The van der Waals surface area contributed by atoms with E-state index in [-0.39, 0.29) is 24.6 Å². The average Bonchev–Trinajstić information content (AvgIpc) is 3.34. The van der Waals surface area contributed by atoms with Crippen molar-refractivity contribution in [2.75, 3.05) is 11.5 Å². The van der Waals surface area contributed by atoms with Crippen molar-refractivity contribution < 1.29 is 5.11 Å². The highest BCUT2D eigenvalue weighted by Crippen LogP contribution is 2.45. The van der Waals surface area contributed by atoms with E-state index in [1.807, 2.05) is 11.1 Å². The lowest BCUT2D eigenvalue weighted by Gasteiger charge is -2.51. The van der Waals surface area contributed by atoms with Gasteiger partial charge in [0, 0.05) is 17.0 Å². The lowest BCUT2D eigenvalue weighted by Crippen LogP contribution is -2.63. The largest absolute Gasteiger partial charge is 0.394 e. The molecular weight excluding hydrogens is 342 g/mol. The van der Waals surface area contributed by atoms with Gasteiger partial charge in [-0.05, 0) is 42.4 Å². The number of allylic oxidation sites excluding steroid dienone is 2. The highest BCUT2D eigenvalue weighted by molar-refractivity contribution is 7.15. The van der Waals surface area contributed by atoms with Crippen LogP contribution in [-0.4, -0.2) is 28.8 Å². The molecule has 0 amide bonds. The number of hydrogen-bond donors (Lipinski definition) is 1. The maximum atomic E-state index is 9.97. The molecule has 1 aromatic heterocycles. The summed E-state index contributed by atoms with van der Waals surface area (Å²) < 4.78 is 0. The Kier molecular flexibility index (Phi) is 4.80. The lowest BCUT2D eigenvalue weighted by atomic mass is 9.76. The smallest absolute Gasteiger partial charge is 0.186 e. The zero-order valence-electron chi connectivity index (χ0n) is 14.9. The van der Waals surface area contributed by atoms with Gasteiger partial charge in [-0.1, -0.05) is 37.3 Å². The van der Waals surface area contributed by atoms with Crippen LogP contribution in [0.1, 0.15) is 48.1 Å². The van der Waals surface area contributed by atoms with Gasteiger partial charge in [0.25, 0.3) is 0 Å². The molecule has 0 radical (unpaired) electrons. The first-order chi connectivity index (χ1) is 12.8. The minimum atomic E-state index is -0.278. The molecule has 0 spiro atoms. The van der Waals surface area contributed by atoms with Gasteiger partial charge < -0.3 is 10.0 Å². The van der Waals surface area contributed by atoms with Crippen LogP contribution in [0.25, 0.3) is 5.57 Å². The standard InChI is InChI=1S/C21H23N3OS/c1-2-17-12-23-21(26-17)24-18(11-22)20(19(24)13-25)16-9-7-15(8-10-16)14-5-3-4-6-14/h5,7-10,12,18-20,25H,2-4,6,13H2,1H3/t18-,19-,20+/m1/s1. The summed E-state index contributed by atoms with van der Waals surface area (Å²) in [7, 11) is 0. The monoisotopic (exact) mass is 365 g/mol. The second-order valence-electron chi connectivity index (χ2n) is 6.96. The van der Waals surface area contributed by atoms with Gasteiger partial charge in [0.1, 0.15) is 6.04 Å². The van der Waals surface area contributed by atoms with Crippen molar-refractivity contribution in [3.8, 4) is 6.07 Å². The molecule has 134 valence electrons. The number of aromatic nitrogens is 1. The second kappa shape index (κ2) is 7.22. The van der Waals surface area contributed by atoms with Gasteiger partial charge in [0.05, 0.1) is 18.7 Å². The van der Waals surface area contributed by atoms with Crippen molar-refractivity contribution in [1.29, 1.82) is 5.26 Å². The molecule has 1 aliphatic heterocycles. The zero-order valence-corrected chi connectivity index (χ0v) is 15.7. The molecule has 0 saturated carbocycles. The van der Waals surface area contributed by atoms with Gasteiger partial charge in [0.2, 0.25) is 0 Å². The number of anilines is 1. The molecular formula is C21H23N3OS. The van der Waals surface area contributed by atoms with Crippen LogP contribution in [0.15, 0.2) is 36.5 Å². The van der Waals surface area contributed by atoms with E-state index in [0.717, 1.165) is 23.5 Å². The number of nitrogens with zero attached hydrogens (tertiary/aromatic N) is 3. The molecule has 1 aromatic carbocycles. The second-order valence-corrected chi connectivity index (χ2v) is 8.06. The molecule has 4 rings (SSSR count). The number of rotatable bonds is 5. The molecule has 2 heterocycles. The molecule has 2 aromatic rings. The predicted octanol–water partition coefficient (Wildman–Crippen LogP) is 4.13. The third kappa shape index (κ3) is 2.84. The van der Waals surface area contributed by atoms with Crippen LogP contribution in [0.5, 0.6) is 0 Å². The molecule has 1 aliphatic carbocycles. The van der Waals surface area contributed by atoms with Crippen molar-refractivity contribution in [1.82, 2.24) is 4.98 Å². The summed E-state index contributed by atoms with van der Waals surface area (Å²) in [5.74, 6) is 0.0191. The Morgan fingerprint density at radius 2 is 2.15 bits per heavy atom. The van der Waals surface area contributed by atoms with Crippen molar-refractivity contribution in [2.45, 2.75) is 50.6 Å². The normalized spacial score (nSPS) is 24.9. The lowest BCUT2D eigenvalue weighted by molar-refractivity contribution is 0.187. The molecule has 1 saturated heterocycles. The van der Waals surface area contributed by atoms with E-state index in [9.17, 15) is 10.4 Å². The first-order valence-corrected chi connectivity index (χ1v) is 10.1. The van der Waals surface area contributed by atoms with Gasteiger partial charge in [0.15, 0.2) is 5.13 Å². The number of aryl methyl sites for hydroxylation is 1. The molecule has 1 fully saturated rings. The molecule has 0 bridgehead atoms. The fourth-order valence-corrected chi connectivity index (χ4v) is 5.05. The van der Waals surface area contributed by atoms with Crippen LogP contribution in [0, 0.1) is 11.3 Å². The van der Waals surface area contributed by atoms with Crippen molar-refractivity contribution in [3.05, 3.63) is 52.5 Å². The number of aliphatic hydroxyl groups is 1. The van der Waals surface area contributed by atoms with Crippen LogP contribution in [0.2, 0.25) is 0 Å². The Bertz CT molecular complexity index is 849. The van der Waals surface area contributed by atoms with E-state index in [4.69, 9.17) is 0 Å². The van der Waals surface area contributed by atoms with Crippen LogP contribution >= 0.6 is 11.3 Å². The number of nitriles is 1. The van der Waals surface area contributed by atoms with Crippen LogP contribution < -0.4 is 4.90 Å². The molecule has 1 N–H and O–H groups in total. The summed E-state index contributed by atoms with van der Waals surface area (Å²) in [4.78, 5) is 7.66. The number of aliphatic hydroxyl groups excluding tert-OH is 1. The molecule has 0 unspecified atom stereocenters. The highest BCUT2D eigenvalue weighted by Gasteiger charge is 2.50. The maximum Gasteiger partial charge on any atom is 0.186 e. The number of thiazole rings is 1.